The molecule has 2 saturated heterocycles. The maximum atomic E-state index is 14.3. The van der Waals surface area contributed by atoms with Gasteiger partial charge in [-0.1, -0.05) is 36.7 Å². The Bertz CT molecular complexity index is 1550. The van der Waals surface area contributed by atoms with Gasteiger partial charge in [0, 0.05) is 72.4 Å². The van der Waals surface area contributed by atoms with Crippen LogP contribution in [0.4, 0.5) is 5.95 Å². The summed E-state index contributed by atoms with van der Waals surface area (Å²) in [5.41, 5.74) is 3.54. The first-order valence-corrected chi connectivity index (χ1v) is 15.5. The minimum Gasteiger partial charge on any atom is -0.481 e. The number of hydrogen-bond acceptors (Lipinski definition) is 8. The largest absolute Gasteiger partial charge is 0.481 e. The number of ether oxygens (including phenoxy) is 2. The Balaban J connectivity index is 1.38. The number of aromatic nitrogens is 3. The topological polar surface area (TPSA) is 93.9 Å². The van der Waals surface area contributed by atoms with Crippen LogP contribution in [0, 0.1) is 5.92 Å². The minimum atomic E-state index is -0.0817. The number of likely N-dealkylation sites (tertiary alicyclic amines) is 1. The molecule has 42 heavy (non-hydrogen) atoms. The molecule has 0 unspecified atom stereocenters. The molecular weight excluding hydrogens is 552 g/mol. The second-order valence-electron chi connectivity index (χ2n) is 11.4. The highest BCUT2D eigenvalue weighted by molar-refractivity contribution is 6.33. The van der Waals surface area contributed by atoms with Crippen LogP contribution in [0.3, 0.4) is 0 Å². The molecule has 0 bridgehead atoms. The van der Waals surface area contributed by atoms with Crippen molar-refractivity contribution in [2.45, 2.75) is 58.5 Å². The lowest BCUT2D eigenvalue weighted by atomic mass is 9.96. The molecule has 1 aromatic carbocycles. The molecule has 0 amide bonds. The smallest absolute Gasteiger partial charge is 0.260 e. The highest BCUT2D eigenvalue weighted by Crippen LogP contribution is 2.32. The summed E-state index contributed by atoms with van der Waals surface area (Å²) in [4.78, 5) is 30.8. The van der Waals surface area contributed by atoms with E-state index in [-0.39, 0.29) is 11.6 Å². The number of fused-ring (bicyclic) bond motifs is 1. The van der Waals surface area contributed by atoms with Gasteiger partial charge in [-0.2, -0.15) is 4.98 Å². The lowest BCUT2D eigenvalue weighted by molar-refractivity contribution is 0.0903. The lowest BCUT2D eigenvalue weighted by Gasteiger charge is -2.31. The number of hydrogen-bond donors (Lipinski definition) is 1. The third kappa shape index (κ3) is 6.38. The first-order valence-electron chi connectivity index (χ1n) is 15.1. The number of rotatable bonds is 7. The van der Waals surface area contributed by atoms with Crippen molar-refractivity contribution in [1.82, 2.24) is 19.4 Å². The van der Waals surface area contributed by atoms with Crippen LogP contribution in [0.5, 0.6) is 0 Å². The van der Waals surface area contributed by atoms with Crippen LogP contribution >= 0.6 is 11.6 Å². The predicted octanol–water partition coefficient (Wildman–Crippen LogP) is 5.61. The number of aliphatic imine (C=N–C) groups is 1. The van der Waals surface area contributed by atoms with Crippen LogP contribution in [0.1, 0.15) is 51.5 Å². The van der Waals surface area contributed by atoms with E-state index in [0.29, 0.717) is 52.7 Å². The summed E-state index contributed by atoms with van der Waals surface area (Å²) in [6.07, 6.45) is 8.57. The Morgan fingerprint density at radius 3 is 2.64 bits per heavy atom. The highest BCUT2D eigenvalue weighted by atomic mass is 35.5. The summed E-state index contributed by atoms with van der Waals surface area (Å²) in [5, 5.41) is 4.79. The van der Waals surface area contributed by atoms with Gasteiger partial charge >= 0.3 is 0 Å². The van der Waals surface area contributed by atoms with Gasteiger partial charge in [-0.15, -0.1) is 0 Å². The Labute approximate surface area is 251 Å². The van der Waals surface area contributed by atoms with Crippen LogP contribution in [0.2, 0.25) is 5.02 Å². The highest BCUT2D eigenvalue weighted by Gasteiger charge is 2.23. The first-order chi connectivity index (χ1) is 20.5. The fraction of sp³-hybridized carbons (Fsp3) is 0.500. The number of halogens is 1. The normalized spacial score (nSPS) is 19.2. The van der Waals surface area contributed by atoms with E-state index in [2.05, 4.69) is 33.2 Å². The van der Waals surface area contributed by atoms with Crippen LogP contribution in [0.15, 0.2) is 46.3 Å². The van der Waals surface area contributed by atoms with Crippen molar-refractivity contribution in [3.8, 4) is 11.1 Å². The molecule has 3 aliphatic rings. The molecule has 0 aliphatic carbocycles. The first kappa shape index (κ1) is 28.8. The Kier molecular flexibility index (Phi) is 8.88. The van der Waals surface area contributed by atoms with E-state index in [9.17, 15) is 4.79 Å². The number of nitrogens with zero attached hydrogens (tertiary/aromatic N) is 5. The number of pyridine rings is 1. The molecule has 9 nitrogen and oxygen atoms in total. The number of piperidine rings is 1. The number of nitrogens with one attached hydrogen (secondary N) is 1. The molecule has 5 heterocycles. The summed E-state index contributed by atoms with van der Waals surface area (Å²) in [6, 6.07) is 7.92. The zero-order valence-corrected chi connectivity index (χ0v) is 25.2. The van der Waals surface area contributed by atoms with Crippen molar-refractivity contribution in [1.29, 1.82) is 0 Å². The van der Waals surface area contributed by atoms with Crippen LogP contribution in [-0.4, -0.2) is 70.8 Å². The van der Waals surface area contributed by atoms with Crippen molar-refractivity contribution < 1.29 is 9.47 Å². The lowest BCUT2D eigenvalue weighted by Crippen LogP contribution is -2.36. The van der Waals surface area contributed by atoms with Gasteiger partial charge in [0.2, 0.25) is 5.95 Å². The maximum absolute atomic E-state index is 14.3. The van der Waals surface area contributed by atoms with Gasteiger partial charge in [0.1, 0.15) is 5.65 Å². The molecule has 0 atom stereocenters. The predicted molar refractivity (Wildman–Crippen MR) is 168 cm³/mol. The summed E-state index contributed by atoms with van der Waals surface area (Å²) >= 11 is 6.88. The molecule has 6 rings (SSSR count). The number of benzene rings is 1. The summed E-state index contributed by atoms with van der Waals surface area (Å²) in [6.45, 7) is 9.89. The Morgan fingerprint density at radius 2 is 1.88 bits per heavy atom. The third-order valence-corrected chi connectivity index (χ3v) is 8.89. The quantitative estimate of drug-likeness (QED) is 0.382. The van der Waals surface area contributed by atoms with Crippen LogP contribution < -0.4 is 10.9 Å². The van der Waals surface area contributed by atoms with Gasteiger partial charge in [-0.05, 0) is 63.4 Å². The standard InChI is InChI=1S/C32H39ClN6O3/c1-3-38-12-8-22(9-13-38)20-39-30-24(19-34-32(37-30)36-25-10-15-41-16-11-25)17-27(31(39)40)26-7-6-23(18-28(26)33)29-5-4-14-42-21(2)35-29/h5-7,17-19,22,25H,3-4,8-16,20H2,1-2H3,(H,34,36,37). The second-order valence-corrected chi connectivity index (χ2v) is 11.8. The molecule has 0 radical (unpaired) electrons. The van der Waals surface area contributed by atoms with E-state index in [1.807, 2.05) is 42.0 Å². The van der Waals surface area contributed by atoms with E-state index in [1.54, 1.807) is 0 Å². The molecule has 3 aliphatic heterocycles. The summed E-state index contributed by atoms with van der Waals surface area (Å²) < 4.78 is 12.9. The molecule has 2 fully saturated rings. The van der Waals surface area contributed by atoms with Crippen molar-refractivity contribution >= 4 is 40.2 Å². The monoisotopic (exact) mass is 590 g/mol. The van der Waals surface area contributed by atoms with Crippen LogP contribution in [0.25, 0.3) is 27.9 Å². The Morgan fingerprint density at radius 1 is 1.07 bits per heavy atom. The molecule has 3 aromatic rings. The van der Waals surface area contributed by atoms with E-state index in [4.69, 9.17) is 26.1 Å². The van der Waals surface area contributed by atoms with Gasteiger partial charge < -0.3 is 19.7 Å². The van der Waals surface area contributed by atoms with E-state index in [0.717, 1.165) is 81.6 Å². The van der Waals surface area contributed by atoms with Crippen molar-refractivity contribution in [2.75, 3.05) is 44.8 Å². The van der Waals surface area contributed by atoms with E-state index in [1.165, 1.54) is 0 Å². The summed E-state index contributed by atoms with van der Waals surface area (Å²) in [7, 11) is 0. The van der Waals surface area contributed by atoms with Crippen LogP contribution in [-0.2, 0) is 16.0 Å². The van der Waals surface area contributed by atoms with Crippen molar-refractivity contribution in [3.63, 3.8) is 0 Å². The SMILES string of the molecule is CCN1CCC(Cn2c(=O)c(-c3ccc(C4=CCCOC(C)=N4)cc3Cl)cc3cnc(NC4CCOCC4)nc32)CC1. The minimum absolute atomic E-state index is 0.0817. The van der Waals surface area contributed by atoms with Gasteiger partial charge in [0.15, 0.2) is 5.90 Å². The zero-order valence-electron chi connectivity index (χ0n) is 24.4. The average molecular weight is 591 g/mol. The third-order valence-electron chi connectivity index (χ3n) is 8.58. The maximum Gasteiger partial charge on any atom is 0.260 e. The van der Waals surface area contributed by atoms with Gasteiger partial charge in [-0.3, -0.25) is 9.36 Å². The Hall–Kier alpha value is -3.27. The fourth-order valence-electron chi connectivity index (χ4n) is 6.08. The molecule has 2 aromatic heterocycles. The average Bonchev–Trinajstić information content (AvgIpc) is 3.24. The van der Waals surface area contributed by atoms with E-state index >= 15 is 0 Å². The molecule has 10 heteroatoms. The van der Waals surface area contributed by atoms with Crippen molar-refractivity contribution in [3.05, 3.63) is 57.5 Å². The van der Waals surface area contributed by atoms with Gasteiger partial charge in [0.05, 0.1) is 12.3 Å². The van der Waals surface area contributed by atoms with Gasteiger partial charge in [0.25, 0.3) is 5.56 Å². The number of anilines is 1. The van der Waals surface area contributed by atoms with Gasteiger partial charge in [-0.25, -0.2) is 9.98 Å². The molecule has 1 N–H and O–H groups in total. The molecular formula is C32H39ClN6O3. The molecule has 0 saturated carbocycles. The van der Waals surface area contributed by atoms with E-state index < -0.39 is 0 Å². The second kappa shape index (κ2) is 12.9. The fourth-order valence-corrected chi connectivity index (χ4v) is 6.37. The molecule has 222 valence electrons. The summed E-state index contributed by atoms with van der Waals surface area (Å²) in [5.74, 6) is 1.58. The van der Waals surface area contributed by atoms with Crippen molar-refractivity contribution in [2.24, 2.45) is 10.9 Å². The zero-order chi connectivity index (χ0) is 29.1. The molecule has 0 spiro atoms.